The van der Waals surface area contributed by atoms with Gasteiger partial charge < -0.3 is 10.2 Å². The van der Waals surface area contributed by atoms with Crippen LogP contribution in [0.25, 0.3) is 0 Å². The predicted octanol–water partition coefficient (Wildman–Crippen LogP) is 2.95. The lowest BCUT2D eigenvalue weighted by Gasteiger charge is -2.23. The maximum absolute atomic E-state index is 13.6. The molecule has 6 heteroatoms. The average molecular weight is 316 g/mol. The van der Waals surface area contributed by atoms with Crippen molar-refractivity contribution in [1.82, 2.24) is 4.90 Å². The number of benzene rings is 2. The zero-order valence-corrected chi connectivity index (χ0v) is 12.3. The molecule has 0 saturated carbocycles. The van der Waals surface area contributed by atoms with E-state index in [0.717, 1.165) is 17.7 Å². The number of carbonyl (C=O) groups excluding carboxylic acids is 2. The van der Waals surface area contributed by atoms with Crippen molar-refractivity contribution in [3.05, 3.63) is 65.2 Å². The largest absolute Gasteiger partial charge is 0.323 e. The van der Waals surface area contributed by atoms with Crippen molar-refractivity contribution in [2.75, 3.05) is 5.32 Å². The Kier molecular flexibility index (Phi) is 3.82. The van der Waals surface area contributed by atoms with E-state index in [4.69, 9.17) is 0 Å². The lowest BCUT2D eigenvalue weighted by Crippen LogP contribution is -2.42. The molecule has 1 unspecified atom stereocenters. The van der Waals surface area contributed by atoms with Gasteiger partial charge in [0.05, 0.1) is 5.69 Å². The number of fused-ring (bicyclic) bond motifs is 1. The van der Waals surface area contributed by atoms with Gasteiger partial charge in [0.2, 0.25) is 5.91 Å². The summed E-state index contributed by atoms with van der Waals surface area (Å²) in [5, 5.41) is 2.39. The third-order valence-corrected chi connectivity index (χ3v) is 3.89. The Morgan fingerprint density at radius 3 is 2.65 bits per heavy atom. The maximum Gasteiger partial charge on any atom is 0.255 e. The Bertz CT molecular complexity index is 792. The SMILES string of the molecule is CC(C(=O)Nc1ccc(F)cc1F)N1Cc2ccccc2C1=O. The highest BCUT2D eigenvalue weighted by Gasteiger charge is 2.33. The second-order valence-corrected chi connectivity index (χ2v) is 5.38. The zero-order valence-electron chi connectivity index (χ0n) is 12.3. The first-order chi connectivity index (χ1) is 11.0. The molecular weight excluding hydrogens is 302 g/mol. The second kappa shape index (κ2) is 5.79. The fraction of sp³-hybridized carbons (Fsp3) is 0.176. The molecule has 0 radical (unpaired) electrons. The number of anilines is 1. The first-order valence-corrected chi connectivity index (χ1v) is 7.12. The fourth-order valence-corrected chi connectivity index (χ4v) is 2.56. The van der Waals surface area contributed by atoms with E-state index in [1.54, 1.807) is 19.1 Å². The quantitative estimate of drug-likeness (QED) is 0.946. The molecule has 3 rings (SSSR count). The Morgan fingerprint density at radius 2 is 1.96 bits per heavy atom. The molecule has 1 heterocycles. The summed E-state index contributed by atoms with van der Waals surface area (Å²) in [5.41, 5.74) is 1.30. The fourth-order valence-electron chi connectivity index (χ4n) is 2.56. The Labute approximate surface area is 131 Å². The number of rotatable bonds is 3. The third kappa shape index (κ3) is 2.79. The monoisotopic (exact) mass is 316 g/mol. The summed E-state index contributed by atoms with van der Waals surface area (Å²) < 4.78 is 26.5. The van der Waals surface area contributed by atoms with E-state index >= 15 is 0 Å². The smallest absolute Gasteiger partial charge is 0.255 e. The summed E-state index contributed by atoms with van der Waals surface area (Å²) in [7, 11) is 0. The number of hydrogen-bond acceptors (Lipinski definition) is 2. The van der Waals surface area contributed by atoms with Gasteiger partial charge in [-0.25, -0.2) is 8.78 Å². The van der Waals surface area contributed by atoms with Crippen LogP contribution < -0.4 is 5.32 Å². The van der Waals surface area contributed by atoms with Gasteiger partial charge in [0.1, 0.15) is 17.7 Å². The highest BCUT2D eigenvalue weighted by molar-refractivity contribution is 6.03. The molecule has 1 aliphatic heterocycles. The number of halogens is 2. The molecule has 0 saturated heterocycles. The number of nitrogens with zero attached hydrogens (tertiary/aromatic N) is 1. The highest BCUT2D eigenvalue weighted by Crippen LogP contribution is 2.25. The van der Waals surface area contributed by atoms with Gasteiger partial charge in [0, 0.05) is 18.2 Å². The van der Waals surface area contributed by atoms with Crippen molar-refractivity contribution >= 4 is 17.5 Å². The molecule has 23 heavy (non-hydrogen) atoms. The lowest BCUT2D eigenvalue weighted by molar-refractivity contribution is -0.120. The summed E-state index contributed by atoms with van der Waals surface area (Å²) in [4.78, 5) is 26.0. The van der Waals surface area contributed by atoms with Crippen molar-refractivity contribution in [3.63, 3.8) is 0 Å². The van der Waals surface area contributed by atoms with E-state index in [0.29, 0.717) is 18.2 Å². The van der Waals surface area contributed by atoms with Crippen LogP contribution in [0.1, 0.15) is 22.8 Å². The number of amides is 2. The summed E-state index contributed by atoms with van der Waals surface area (Å²) in [6.07, 6.45) is 0. The minimum absolute atomic E-state index is 0.118. The predicted molar refractivity (Wildman–Crippen MR) is 80.8 cm³/mol. The summed E-state index contributed by atoms with van der Waals surface area (Å²) in [6.45, 7) is 1.90. The molecule has 4 nitrogen and oxygen atoms in total. The Balaban J connectivity index is 1.75. The highest BCUT2D eigenvalue weighted by atomic mass is 19.1. The Hall–Kier alpha value is -2.76. The van der Waals surface area contributed by atoms with Crippen LogP contribution >= 0.6 is 0 Å². The van der Waals surface area contributed by atoms with Gasteiger partial charge in [-0.2, -0.15) is 0 Å². The zero-order chi connectivity index (χ0) is 16.6. The standard InChI is InChI=1S/C17H14F2N2O2/c1-10(16(22)20-15-7-6-12(18)8-14(15)19)21-9-11-4-2-3-5-13(11)17(21)23/h2-8,10H,9H2,1H3,(H,20,22). The van der Waals surface area contributed by atoms with Crippen LogP contribution in [-0.4, -0.2) is 22.8 Å². The molecule has 0 fully saturated rings. The van der Waals surface area contributed by atoms with Crippen LogP contribution in [0.5, 0.6) is 0 Å². The van der Waals surface area contributed by atoms with Gasteiger partial charge in [0.25, 0.3) is 5.91 Å². The van der Waals surface area contributed by atoms with Crippen LogP contribution in [-0.2, 0) is 11.3 Å². The van der Waals surface area contributed by atoms with E-state index < -0.39 is 23.6 Å². The first kappa shape index (κ1) is 15.1. The van der Waals surface area contributed by atoms with Gasteiger partial charge in [0.15, 0.2) is 0 Å². The molecule has 0 aromatic heterocycles. The number of nitrogens with one attached hydrogen (secondary N) is 1. The van der Waals surface area contributed by atoms with E-state index in [9.17, 15) is 18.4 Å². The molecule has 2 aromatic carbocycles. The number of hydrogen-bond donors (Lipinski definition) is 1. The van der Waals surface area contributed by atoms with E-state index in [1.807, 2.05) is 12.1 Å². The molecule has 2 amide bonds. The summed E-state index contributed by atoms with van der Waals surface area (Å²) in [6, 6.07) is 9.25. The van der Waals surface area contributed by atoms with Crippen LogP contribution in [0.2, 0.25) is 0 Å². The topological polar surface area (TPSA) is 49.4 Å². The van der Waals surface area contributed by atoms with Gasteiger partial charge in [-0.3, -0.25) is 9.59 Å². The van der Waals surface area contributed by atoms with Crippen LogP contribution in [0.3, 0.4) is 0 Å². The van der Waals surface area contributed by atoms with E-state index in [1.165, 1.54) is 4.90 Å². The first-order valence-electron chi connectivity index (χ1n) is 7.12. The van der Waals surface area contributed by atoms with Crippen molar-refractivity contribution in [2.45, 2.75) is 19.5 Å². The molecule has 1 N–H and O–H groups in total. The molecule has 2 aromatic rings. The molecule has 1 atom stereocenters. The molecular formula is C17H14F2N2O2. The Morgan fingerprint density at radius 1 is 1.22 bits per heavy atom. The van der Waals surface area contributed by atoms with Crippen molar-refractivity contribution in [3.8, 4) is 0 Å². The second-order valence-electron chi connectivity index (χ2n) is 5.38. The van der Waals surface area contributed by atoms with Gasteiger partial charge in [-0.05, 0) is 30.7 Å². The van der Waals surface area contributed by atoms with Crippen LogP contribution in [0, 0.1) is 11.6 Å². The minimum atomic E-state index is -0.860. The average Bonchev–Trinajstić information content (AvgIpc) is 2.87. The van der Waals surface area contributed by atoms with Gasteiger partial charge >= 0.3 is 0 Å². The van der Waals surface area contributed by atoms with E-state index in [2.05, 4.69) is 5.32 Å². The summed E-state index contributed by atoms with van der Waals surface area (Å²) in [5.74, 6) is -2.35. The van der Waals surface area contributed by atoms with Gasteiger partial charge in [-0.15, -0.1) is 0 Å². The molecule has 0 aliphatic carbocycles. The molecule has 118 valence electrons. The van der Waals surface area contributed by atoms with E-state index in [-0.39, 0.29) is 11.6 Å². The van der Waals surface area contributed by atoms with Crippen molar-refractivity contribution < 1.29 is 18.4 Å². The minimum Gasteiger partial charge on any atom is -0.323 e. The summed E-state index contributed by atoms with van der Waals surface area (Å²) >= 11 is 0. The van der Waals surface area contributed by atoms with Crippen molar-refractivity contribution in [1.29, 1.82) is 0 Å². The van der Waals surface area contributed by atoms with Crippen molar-refractivity contribution in [2.24, 2.45) is 0 Å². The number of carbonyl (C=O) groups is 2. The molecule has 1 aliphatic rings. The van der Waals surface area contributed by atoms with Gasteiger partial charge in [-0.1, -0.05) is 18.2 Å². The molecule has 0 spiro atoms. The maximum atomic E-state index is 13.6. The third-order valence-electron chi connectivity index (χ3n) is 3.89. The lowest BCUT2D eigenvalue weighted by atomic mass is 10.1. The molecule has 0 bridgehead atoms. The normalized spacial score (nSPS) is 14.6. The van der Waals surface area contributed by atoms with Crippen LogP contribution in [0.4, 0.5) is 14.5 Å². The van der Waals surface area contributed by atoms with Crippen LogP contribution in [0.15, 0.2) is 42.5 Å².